The van der Waals surface area contributed by atoms with Crippen molar-refractivity contribution in [1.29, 1.82) is 0 Å². The molecular weight excluding hydrogens is 346 g/mol. The van der Waals surface area contributed by atoms with Crippen LogP contribution < -0.4 is 5.32 Å². The minimum absolute atomic E-state index is 0.302. The lowest BCUT2D eigenvalue weighted by atomic mass is 10.2. The molecule has 20 heavy (non-hydrogen) atoms. The van der Waals surface area contributed by atoms with Crippen LogP contribution in [0.4, 0.5) is 0 Å². The summed E-state index contributed by atoms with van der Waals surface area (Å²) >= 11 is 9.23. The molecule has 0 saturated carbocycles. The molecule has 1 amide bonds. The lowest BCUT2D eigenvalue weighted by molar-refractivity contribution is -0.156. The molecule has 1 atom stereocenters. The van der Waals surface area contributed by atoms with Crippen LogP contribution in [0.15, 0.2) is 22.7 Å². The van der Waals surface area contributed by atoms with Crippen molar-refractivity contribution >= 4 is 39.4 Å². The van der Waals surface area contributed by atoms with E-state index in [1.165, 1.54) is 0 Å². The summed E-state index contributed by atoms with van der Waals surface area (Å²) in [5.41, 5.74) is -0.291. The number of ether oxygens (including phenoxy) is 1. The van der Waals surface area contributed by atoms with Crippen molar-refractivity contribution in [2.45, 2.75) is 39.3 Å². The summed E-state index contributed by atoms with van der Waals surface area (Å²) in [5.74, 6) is -0.911. The normalized spacial score (nSPS) is 12.7. The molecule has 0 saturated heterocycles. The average molecular weight is 363 g/mol. The molecule has 0 aromatic heterocycles. The molecule has 1 aromatic carbocycles. The van der Waals surface area contributed by atoms with E-state index in [0.717, 1.165) is 4.47 Å². The van der Waals surface area contributed by atoms with E-state index in [1.807, 2.05) is 0 Å². The maximum Gasteiger partial charge on any atom is 0.328 e. The van der Waals surface area contributed by atoms with Gasteiger partial charge in [-0.3, -0.25) is 4.79 Å². The SMILES string of the molecule is C[C@H](NC(=O)c1cc(Br)ccc1Cl)C(=O)OC(C)(C)C. The number of amides is 1. The highest BCUT2D eigenvalue weighted by atomic mass is 79.9. The summed E-state index contributed by atoms with van der Waals surface area (Å²) in [7, 11) is 0. The third-order valence-electron chi connectivity index (χ3n) is 2.28. The zero-order valence-electron chi connectivity index (χ0n) is 11.8. The van der Waals surface area contributed by atoms with Crippen molar-refractivity contribution in [2.75, 3.05) is 0 Å². The Morgan fingerprint density at radius 1 is 1.35 bits per heavy atom. The van der Waals surface area contributed by atoms with Crippen LogP contribution in [-0.4, -0.2) is 23.5 Å². The molecule has 6 heteroatoms. The van der Waals surface area contributed by atoms with E-state index in [9.17, 15) is 9.59 Å². The number of halogens is 2. The fourth-order valence-corrected chi connectivity index (χ4v) is 1.96. The van der Waals surface area contributed by atoms with Crippen LogP contribution >= 0.6 is 27.5 Å². The van der Waals surface area contributed by atoms with Gasteiger partial charge in [0.25, 0.3) is 5.91 Å². The van der Waals surface area contributed by atoms with E-state index in [0.29, 0.717) is 10.6 Å². The summed E-state index contributed by atoms with van der Waals surface area (Å²) in [5, 5.41) is 2.89. The van der Waals surface area contributed by atoms with Crippen molar-refractivity contribution in [3.05, 3.63) is 33.3 Å². The highest BCUT2D eigenvalue weighted by Gasteiger charge is 2.24. The molecular formula is C14H17BrClNO3. The molecule has 110 valence electrons. The molecule has 0 bridgehead atoms. The molecule has 0 unspecified atom stereocenters. The van der Waals surface area contributed by atoms with Crippen molar-refractivity contribution in [3.8, 4) is 0 Å². The zero-order valence-corrected chi connectivity index (χ0v) is 14.1. The number of hydrogen-bond acceptors (Lipinski definition) is 3. The Morgan fingerprint density at radius 3 is 2.50 bits per heavy atom. The van der Waals surface area contributed by atoms with Gasteiger partial charge < -0.3 is 10.1 Å². The van der Waals surface area contributed by atoms with Gasteiger partial charge in [-0.15, -0.1) is 0 Å². The Morgan fingerprint density at radius 2 is 1.95 bits per heavy atom. The van der Waals surface area contributed by atoms with Crippen LogP contribution in [0.5, 0.6) is 0 Å². The smallest absolute Gasteiger partial charge is 0.328 e. The number of hydrogen-bond donors (Lipinski definition) is 1. The number of carbonyl (C=O) groups is 2. The number of benzene rings is 1. The average Bonchev–Trinajstić information content (AvgIpc) is 2.29. The van der Waals surface area contributed by atoms with Gasteiger partial charge in [0.15, 0.2) is 0 Å². The highest BCUT2D eigenvalue weighted by Crippen LogP contribution is 2.21. The molecule has 1 rings (SSSR count). The van der Waals surface area contributed by atoms with E-state index in [-0.39, 0.29) is 0 Å². The second-order valence-corrected chi connectivity index (χ2v) is 6.68. The van der Waals surface area contributed by atoms with Crippen LogP contribution in [0, 0.1) is 0 Å². The molecule has 0 aliphatic heterocycles. The van der Waals surface area contributed by atoms with Crippen LogP contribution in [0.25, 0.3) is 0 Å². The standard InChI is InChI=1S/C14H17BrClNO3/c1-8(13(19)20-14(2,3)4)17-12(18)10-7-9(15)5-6-11(10)16/h5-8H,1-4H3,(H,17,18)/t8-/m0/s1. The zero-order chi connectivity index (χ0) is 15.5. The summed E-state index contributed by atoms with van der Waals surface area (Å²) in [6.07, 6.45) is 0. The minimum Gasteiger partial charge on any atom is -0.458 e. The Bertz CT molecular complexity index is 526. The maximum absolute atomic E-state index is 12.1. The van der Waals surface area contributed by atoms with Gasteiger partial charge in [-0.25, -0.2) is 4.79 Å². The molecule has 1 aromatic rings. The quantitative estimate of drug-likeness (QED) is 0.836. The van der Waals surface area contributed by atoms with E-state index < -0.39 is 23.5 Å². The van der Waals surface area contributed by atoms with E-state index in [4.69, 9.17) is 16.3 Å². The molecule has 0 aliphatic rings. The van der Waals surface area contributed by atoms with Gasteiger partial charge in [-0.05, 0) is 45.9 Å². The number of carbonyl (C=O) groups excluding carboxylic acids is 2. The summed E-state index contributed by atoms with van der Waals surface area (Å²) in [6, 6.07) is 4.19. The first-order chi connectivity index (χ1) is 9.10. The van der Waals surface area contributed by atoms with Crippen molar-refractivity contribution in [1.82, 2.24) is 5.32 Å². The lowest BCUT2D eigenvalue weighted by Gasteiger charge is -2.22. The molecule has 0 aliphatic carbocycles. The lowest BCUT2D eigenvalue weighted by Crippen LogP contribution is -2.42. The summed E-state index contributed by atoms with van der Waals surface area (Å²) < 4.78 is 5.93. The van der Waals surface area contributed by atoms with Crippen molar-refractivity contribution < 1.29 is 14.3 Å². The third-order valence-corrected chi connectivity index (χ3v) is 3.10. The van der Waals surface area contributed by atoms with E-state index in [1.54, 1.807) is 45.9 Å². The number of esters is 1. The second-order valence-electron chi connectivity index (χ2n) is 5.35. The van der Waals surface area contributed by atoms with Crippen molar-refractivity contribution in [2.24, 2.45) is 0 Å². The van der Waals surface area contributed by atoms with Gasteiger partial charge in [-0.2, -0.15) is 0 Å². The first-order valence-electron chi connectivity index (χ1n) is 6.09. The Hall–Kier alpha value is -1.07. The topological polar surface area (TPSA) is 55.4 Å². The monoisotopic (exact) mass is 361 g/mol. The second kappa shape index (κ2) is 6.59. The predicted octanol–water partition coefficient (Wildman–Crippen LogP) is 3.56. The maximum atomic E-state index is 12.1. The van der Waals surface area contributed by atoms with Crippen LogP contribution in [-0.2, 0) is 9.53 Å². The third kappa shape index (κ3) is 5.13. The van der Waals surface area contributed by atoms with Gasteiger partial charge in [0.2, 0.25) is 0 Å². The largest absolute Gasteiger partial charge is 0.458 e. The Balaban J connectivity index is 2.75. The van der Waals surface area contributed by atoms with E-state index >= 15 is 0 Å². The fourth-order valence-electron chi connectivity index (χ4n) is 1.39. The fraction of sp³-hybridized carbons (Fsp3) is 0.429. The van der Waals surface area contributed by atoms with E-state index in [2.05, 4.69) is 21.2 Å². The first kappa shape index (κ1) is 17.0. The van der Waals surface area contributed by atoms with Gasteiger partial charge in [0, 0.05) is 4.47 Å². The first-order valence-corrected chi connectivity index (χ1v) is 7.26. The molecule has 0 fully saturated rings. The number of nitrogens with one attached hydrogen (secondary N) is 1. The van der Waals surface area contributed by atoms with Crippen molar-refractivity contribution in [3.63, 3.8) is 0 Å². The Labute approximate surface area is 132 Å². The van der Waals surface area contributed by atoms with Gasteiger partial charge in [0.05, 0.1) is 10.6 Å². The van der Waals surface area contributed by atoms with Gasteiger partial charge in [-0.1, -0.05) is 27.5 Å². The van der Waals surface area contributed by atoms with Crippen LogP contribution in [0.2, 0.25) is 5.02 Å². The number of rotatable bonds is 3. The predicted molar refractivity (Wildman–Crippen MR) is 81.9 cm³/mol. The minimum atomic E-state index is -0.753. The molecule has 1 N–H and O–H groups in total. The summed E-state index contributed by atoms with van der Waals surface area (Å²) in [4.78, 5) is 23.9. The Kier molecular flexibility index (Phi) is 5.59. The molecule has 0 spiro atoms. The highest BCUT2D eigenvalue weighted by molar-refractivity contribution is 9.10. The van der Waals surface area contributed by atoms with Gasteiger partial charge >= 0.3 is 5.97 Å². The van der Waals surface area contributed by atoms with Crippen LogP contribution in [0.3, 0.4) is 0 Å². The molecule has 0 radical (unpaired) electrons. The van der Waals surface area contributed by atoms with Crippen LogP contribution in [0.1, 0.15) is 38.1 Å². The van der Waals surface area contributed by atoms with Gasteiger partial charge in [0.1, 0.15) is 11.6 Å². The molecule has 0 heterocycles. The summed E-state index contributed by atoms with van der Waals surface area (Å²) in [6.45, 7) is 6.87. The molecule has 4 nitrogen and oxygen atoms in total.